The van der Waals surface area contributed by atoms with Crippen LogP contribution < -0.4 is 18.9 Å². The van der Waals surface area contributed by atoms with Crippen molar-refractivity contribution in [3.63, 3.8) is 0 Å². The van der Waals surface area contributed by atoms with Gasteiger partial charge in [0, 0.05) is 0 Å². The molecule has 0 heterocycles. The van der Waals surface area contributed by atoms with E-state index in [4.69, 9.17) is 44.2 Å². The first kappa shape index (κ1) is 57.1. The molecule has 7 aromatic rings. The minimum atomic E-state index is -4.73. The van der Waals surface area contributed by atoms with Gasteiger partial charge in [-0.3, -0.25) is 4.55 Å². The molecule has 17 nitrogen and oxygen atoms in total. The normalized spacial score (nSPS) is 11.3. The average Bonchev–Trinajstić information content (AvgIpc) is 3.34. The second kappa shape index (κ2) is 23.0. The third-order valence-corrected chi connectivity index (χ3v) is 14.1. The van der Waals surface area contributed by atoms with Gasteiger partial charge in [0.05, 0.1) is 42.7 Å². The molecule has 7 rings (SSSR count). The van der Waals surface area contributed by atoms with Crippen LogP contribution in [0.3, 0.4) is 0 Å². The van der Waals surface area contributed by atoms with Gasteiger partial charge in [-0.1, -0.05) is 6.07 Å². The lowest BCUT2D eigenvalue weighted by molar-refractivity contribution is 0.360. The van der Waals surface area contributed by atoms with Crippen LogP contribution in [0.4, 0.5) is 35.1 Å². The SMILES string of the molecule is COc1ccc(S(=O)(=O)c2ccc(Oc3c(F)c(F)c(-c4c(F)c(F)c(Oc5ccc(Oc6ccc(S(=O)(=O)c7ccc(C)c(S(=O)(=O)O)c7)cc6)cc5)c(F)c4F)c(F)c3F)cc2)cc1.O=S(=O)=O.O=S(=O)=O. The summed E-state index contributed by atoms with van der Waals surface area (Å²) in [5, 5.41) is 0. The summed E-state index contributed by atoms with van der Waals surface area (Å²) >= 11 is 0. The Hall–Kier alpha value is -7.77. The average molecular weight is 1140 g/mol. The summed E-state index contributed by atoms with van der Waals surface area (Å²) in [5.74, 6) is -23.8. The molecule has 0 aromatic heterocycles. The van der Waals surface area contributed by atoms with Crippen LogP contribution in [0, 0.1) is 53.5 Å². The Balaban J connectivity index is 0.00000118. The summed E-state index contributed by atoms with van der Waals surface area (Å²) in [7, 11) is -18.0. The zero-order valence-electron chi connectivity index (χ0n) is 36.5. The van der Waals surface area contributed by atoms with E-state index < -0.39 is 141 Å². The van der Waals surface area contributed by atoms with Gasteiger partial charge in [0.1, 0.15) is 28.7 Å². The van der Waals surface area contributed by atoms with Crippen LogP contribution in [0.25, 0.3) is 11.1 Å². The van der Waals surface area contributed by atoms with E-state index in [0.717, 1.165) is 72.8 Å². The van der Waals surface area contributed by atoms with Crippen LogP contribution in [0.5, 0.6) is 40.2 Å². The van der Waals surface area contributed by atoms with Gasteiger partial charge in [-0.25, -0.2) is 34.4 Å². The molecular weight excluding hydrogens is 1110 g/mol. The minimum absolute atomic E-state index is 0.0000504. The molecule has 0 aliphatic heterocycles. The number of benzene rings is 7. The summed E-state index contributed by atoms with van der Waals surface area (Å²) < 4.78 is 279. The number of aryl methyl sites for hydroxylation is 1. The first-order valence-corrected chi connectivity index (χ1v) is 25.7. The molecule has 0 spiro atoms. The van der Waals surface area contributed by atoms with Crippen LogP contribution in [0.1, 0.15) is 5.56 Å². The van der Waals surface area contributed by atoms with Gasteiger partial charge in [-0.05, 0) is 122 Å². The summed E-state index contributed by atoms with van der Waals surface area (Å²) in [6, 6.07) is 21.0. The fraction of sp³-hybridized carbons (Fsp3) is 0.0455. The van der Waals surface area contributed by atoms with Gasteiger partial charge in [0.2, 0.25) is 54.4 Å². The van der Waals surface area contributed by atoms with Crippen molar-refractivity contribution in [3.8, 4) is 51.4 Å². The number of halogens is 8. The van der Waals surface area contributed by atoms with E-state index in [2.05, 4.69) is 0 Å². The van der Waals surface area contributed by atoms with Crippen molar-refractivity contribution >= 4 is 51.0 Å². The van der Waals surface area contributed by atoms with Crippen molar-refractivity contribution in [1.29, 1.82) is 0 Å². The zero-order chi connectivity index (χ0) is 55.2. The fourth-order valence-corrected chi connectivity index (χ4v) is 9.59. The molecule has 0 unspecified atom stereocenters. The fourth-order valence-electron chi connectivity index (χ4n) is 6.22. The lowest BCUT2D eigenvalue weighted by Crippen LogP contribution is -2.09. The second-order valence-electron chi connectivity index (χ2n) is 14.1. The standard InChI is InChI=1S/C44H26F8O11S3.2O3S/c1-22-3-14-31(21-32(22)66(57,58)59)65(55,56)30-17-10-25(11-18-30)61-24-4-6-26(7-5-24)62-43-39(49)35(45)33(36(46)40(43)50)34-37(47)41(51)44(42(52)38(34)48)63-27-12-19-29(20-13-27)64(53,54)28-15-8-23(60-2)9-16-28;2*1-4(2)3/h3-21H,1-2H3,(H,57,58,59);;. The zero-order valence-corrected chi connectivity index (χ0v) is 40.6. The highest BCUT2D eigenvalue weighted by Crippen LogP contribution is 2.44. The van der Waals surface area contributed by atoms with Crippen LogP contribution in [0.15, 0.2) is 140 Å². The highest BCUT2D eigenvalue weighted by atomic mass is 32.2. The smallest absolute Gasteiger partial charge is 0.425 e. The largest absolute Gasteiger partial charge is 0.497 e. The molecule has 30 heteroatoms. The Morgan fingerprint density at radius 2 is 0.649 bits per heavy atom. The number of rotatable bonds is 13. The molecule has 0 aliphatic rings. The molecule has 0 aliphatic carbocycles. The molecule has 0 radical (unpaired) electrons. The van der Waals surface area contributed by atoms with Crippen molar-refractivity contribution < 1.29 is 109 Å². The Kier molecular flexibility index (Phi) is 17.7. The monoisotopic (exact) mass is 1140 g/mol. The first-order chi connectivity index (χ1) is 34.5. The Labute approximate surface area is 415 Å². The predicted octanol–water partition coefficient (Wildman–Crippen LogP) is 9.06. The maximum atomic E-state index is 15.4. The molecular formula is C44H26F8O17S5. The Bertz CT molecular complexity index is 3790. The summed E-state index contributed by atoms with van der Waals surface area (Å²) in [4.78, 5) is -1.81. The minimum Gasteiger partial charge on any atom is -0.497 e. The Morgan fingerprint density at radius 3 is 0.946 bits per heavy atom. The van der Waals surface area contributed by atoms with Crippen LogP contribution in [0.2, 0.25) is 0 Å². The first-order valence-electron chi connectivity index (χ1n) is 19.3. The van der Waals surface area contributed by atoms with Gasteiger partial charge < -0.3 is 18.9 Å². The highest BCUT2D eigenvalue weighted by Gasteiger charge is 2.36. The van der Waals surface area contributed by atoms with E-state index in [-0.39, 0.29) is 31.7 Å². The molecule has 7 aromatic carbocycles. The van der Waals surface area contributed by atoms with Crippen molar-refractivity contribution in [3.05, 3.63) is 167 Å². The predicted molar refractivity (Wildman–Crippen MR) is 235 cm³/mol. The molecule has 1 N–H and O–H groups in total. The molecule has 0 fully saturated rings. The van der Waals surface area contributed by atoms with Gasteiger partial charge in [-0.15, -0.1) is 25.3 Å². The van der Waals surface area contributed by atoms with E-state index in [1.807, 2.05) is 0 Å². The molecule has 0 saturated heterocycles. The molecule has 74 heavy (non-hydrogen) atoms. The van der Waals surface area contributed by atoms with Gasteiger partial charge >= 0.3 is 21.2 Å². The number of ether oxygens (including phenoxy) is 4. The lowest BCUT2D eigenvalue weighted by Gasteiger charge is -2.16. The number of sulfone groups is 2. The van der Waals surface area contributed by atoms with Crippen molar-refractivity contribution in [2.45, 2.75) is 31.4 Å². The lowest BCUT2D eigenvalue weighted by atomic mass is 10.0. The maximum absolute atomic E-state index is 15.4. The molecule has 0 atom stereocenters. The van der Waals surface area contributed by atoms with Crippen LogP contribution in [-0.2, 0) is 51.0 Å². The number of hydrogen-bond donors (Lipinski definition) is 1. The van der Waals surface area contributed by atoms with E-state index in [1.165, 1.54) is 56.5 Å². The molecule has 0 amide bonds. The highest BCUT2D eigenvalue weighted by molar-refractivity contribution is 7.92. The van der Waals surface area contributed by atoms with Gasteiger partial charge in [0.15, 0.2) is 23.3 Å². The van der Waals surface area contributed by atoms with Crippen molar-refractivity contribution in [2.75, 3.05) is 7.11 Å². The van der Waals surface area contributed by atoms with Crippen molar-refractivity contribution in [1.82, 2.24) is 0 Å². The topological polar surface area (TPSA) is 262 Å². The summed E-state index contributed by atoms with van der Waals surface area (Å²) in [6.45, 7) is 1.35. The van der Waals surface area contributed by atoms with Crippen molar-refractivity contribution in [2.24, 2.45) is 0 Å². The summed E-state index contributed by atoms with van der Waals surface area (Å²) in [5.41, 5.74) is -4.27. The maximum Gasteiger partial charge on any atom is 0.425 e. The number of methoxy groups -OCH3 is 1. The summed E-state index contributed by atoms with van der Waals surface area (Å²) in [6.07, 6.45) is 0. The van der Waals surface area contributed by atoms with E-state index >= 15 is 35.1 Å². The molecule has 390 valence electrons. The Morgan fingerprint density at radius 1 is 0.392 bits per heavy atom. The van der Waals surface area contributed by atoms with Crippen LogP contribution >= 0.6 is 0 Å². The number of hydrogen-bond acceptors (Lipinski definition) is 16. The van der Waals surface area contributed by atoms with E-state index in [1.54, 1.807) is 0 Å². The molecule has 0 bridgehead atoms. The quantitative estimate of drug-likeness (QED) is 0.0641. The van der Waals surface area contributed by atoms with E-state index in [9.17, 15) is 29.8 Å². The third kappa shape index (κ3) is 12.9. The van der Waals surface area contributed by atoms with Gasteiger partial charge in [-0.2, -0.15) is 26.0 Å². The van der Waals surface area contributed by atoms with Crippen LogP contribution in [-0.4, -0.2) is 62.2 Å². The van der Waals surface area contributed by atoms with E-state index in [0.29, 0.717) is 5.75 Å². The second-order valence-corrected chi connectivity index (χ2v) is 20.2. The molecule has 0 saturated carbocycles. The van der Waals surface area contributed by atoms with Gasteiger partial charge in [0.25, 0.3) is 10.1 Å². The third-order valence-electron chi connectivity index (χ3n) is 9.58.